The monoisotopic (exact) mass is 363 g/mol. The van der Waals surface area contributed by atoms with Crippen LogP contribution in [-0.2, 0) is 19.2 Å². The molecule has 140 valence electrons. The van der Waals surface area contributed by atoms with Gasteiger partial charge in [0.2, 0.25) is 11.8 Å². The Morgan fingerprint density at radius 2 is 2.04 bits per heavy atom. The van der Waals surface area contributed by atoms with Crippen LogP contribution in [0.2, 0.25) is 0 Å². The Morgan fingerprint density at radius 3 is 2.69 bits per heavy atom. The smallest absolute Gasteiger partial charge is 0.326 e. The van der Waals surface area contributed by atoms with Crippen molar-refractivity contribution in [3.8, 4) is 5.75 Å². The van der Waals surface area contributed by atoms with E-state index in [9.17, 15) is 24.3 Å². The molecule has 0 fully saturated rings. The number of benzene rings is 1. The van der Waals surface area contributed by atoms with E-state index >= 15 is 0 Å². The molecule has 1 aliphatic heterocycles. The van der Waals surface area contributed by atoms with Gasteiger partial charge < -0.3 is 20.1 Å². The van der Waals surface area contributed by atoms with Crippen LogP contribution in [-0.4, -0.2) is 66.0 Å². The number of carboxylic acids is 1. The molecule has 2 N–H and O–H groups in total. The Balaban J connectivity index is 2.16. The number of anilines is 1. The van der Waals surface area contributed by atoms with Crippen molar-refractivity contribution >= 4 is 29.4 Å². The number of amides is 3. The van der Waals surface area contributed by atoms with E-state index in [1.807, 2.05) is 0 Å². The molecule has 3 amide bonds. The van der Waals surface area contributed by atoms with Gasteiger partial charge in [-0.15, -0.1) is 0 Å². The maximum absolute atomic E-state index is 12.7. The standard InChI is InChI=1S/C17H21N3O6/c1-11(17(24)25)19(8-7-18-12(2)21)15(22)9-20-13-5-3-4-6-14(13)26-10-16(20)23/h3-6,11H,7-10H2,1-2H3,(H,18,21)(H,24,25). The number of carbonyl (C=O) groups is 4. The predicted molar refractivity (Wildman–Crippen MR) is 91.8 cm³/mol. The molecule has 0 aromatic heterocycles. The number of hydrogen-bond donors (Lipinski definition) is 2. The zero-order valence-electron chi connectivity index (χ0n) is 14.6. The summed E-state index contributed by atoms with van der Waals surface area (Å²) in [4.78, 5) is 49.6. The molecule has 1 heterocycles. The summed E-state index contributed by atoms with van der Waals surface area (Å²) in [6, 6.07) is 5.71. The lowest BCUT2D eigenvalue weighted by atomic mass is 10.2. The summed E-state index contributed by atoms with van der Waals surface area (Å²) in [5.74, 6) is -1.89. The van der Waals surface area contributed by atoms with Gasteiger partial charge in [0.1, 0.15) is 18.3 Å². The van der Waals surface area contributed by atoms with E-state index in [0.717, 1.165) is 4.90 Å². The Kier molecular flexibility index (Phi) is 6.16. The molecule has 0 saturated heterocycles. The van der Waals surface area contributed by atoms with E-state index in [1.165, 1.54) is 18.7 Å². The third-order valence-corrected chi connectivity index (χ3v) is 3.97. The molecule has 9 nitrogen and oxygen atoms in total. The SMILES string of the molecule is CC(=O)NCCN(C(=O)CN1C(=O)COc2ccccc21)C(C)C(=O)O. The average Bonchev–Trinajstić information content (AvgIpc) is 2.60. The van der Waals surface area contributed by atoms with E-state index in [1.54, 1.807) is 24.3 Å². The van der Waals surface area contributed by atoms with Crippen molar-refractivity contribution in [2.75, 3.05) is 31.1 Å². The van der Waals surface area contributed by atoms with Crippen molar-refractivity contribution < 1.29 is 29.0 Å². The molecule has 1 aromatic rings. The molecule has 1 aromatic carbocycles. The molecule has 2 rings (SSSR count). The van der Waals surface area contributed by atoms with E-state index in [0.29, 0.717) is 11.4 Å². The lowest BCUT2D eigenvalue weighted by Crippen LogP contribution is -2.52. The first kappa shape index (κ1) is 19.2. The van der Waals surface area contributed by atoms with Crippen LogP contribution in [0.3, 0.4) is 0 Å². The first-order valence-electron chi connectivity index (χ1n) is 8.10. The van der Waals surface area contributed by atoms with Gasteiger partial charge in [-0.2, -0.15) is 0 Å². The highest BCUT2D eigenvalue weighted by molar-refractivity contribution is 6.02. The second-order valence-electron chi connectivity index (χ2n) is 5.82. The highest BCUT2D eigenvalue weighted by Crippen LogP contribution is 2.31. The molecule has 0 saturated carbocycles. The Morgan fingerprint density at radius 1 is 1.35 bits per heavy atom. The molecular weight excluding hydrogens is 342 g/mol. The fourth-order valence-electron chi connectivity index (χ4n) is 2.57. The molecule has 0 radical (unpaired) electrons. The van der Waals surface area contributed by atoms with Crippen LogP contribution in [0, 0.1) is 0 Å². The number of hydrogen-bond acceptors (Lipinski definition) is 5. The normalized spacial score (nSPS) is 14.1. The summed E-state index contributed by atoms with van der Waals surface area (Å²) in [5, 5.41) is 11.8. The van der Waals surface area contributed by atoms with Crippen molar-refractivity contribution in [3.05, 3.63) is 24.3 Å². The number of carboxylic acid groups (broad SMARTS) is 1. The third kappa shape index (κ3) is 4.50. The lowest BCUT2D eigenvalue weighted by Gasteiger charge is -2.32. The number of rotatable bonds is 7. The molecule has 1 unspecified atom stereocenters. The number of carbonyl (C=O) groups excluding carboxylic acids is 3. The summed E-state index contributed by atoms with van der Waals surface area (Å²) < 4.78 is 5.33. The Hall–Kier alpha value is -3.10. The van der Waals surface area contributed by atoms with Gasteiger partial charge in [0.15, 0.2) is 6.61 Å². The van der Waals surface area contributed by atoms with Gasteiger partial charge in [-0.05, 0) is 19.1 Å². The topological polar surface area (TPSA) is 116 Å². The maximum Gasteiger partial charge on any atom is 0.326 e. The van der Waals surface area contributed by atoms with Gasteiger partial charge in [0, 0.05) is 20.0 Å². The van der Waals surface area contributed by atoms with Crippen molar-refractivity contribution in [1.29, 1.82) is 0 Å². The highest BCUT2D eigenvalue weighted by atomic mass is 16.5. The van der Waals surface area contributed by atoms with Gasteiger partial charge >= 0.3 is 5.97 Å². The second kappa shape index (κ2) is 8.32. The van der Waals surface area contributed by atoms with Crippen LogP contribution in [0.15, 0.2) is 24.3 Å². The molecular formula is C17H21N3O6. The number of para-hydroxylation sites is 2. The summed E-state index contributed by atoms with van der Waals surface area (Å²) in [6.07, 6.45) is 0. The Labute approximate surface area is 150 Å². The van der Waals surface area contributed by atoms with Crippen LogP contribution in [0.4, 0.5) is 5.69 Å². The van der Waals surface area contributed by atoms with Crippen LogP contribution < -0.4 is 15.0 Å². The van der Waals surface area contributed by atoms with Gasteiger partial charge in [0.05, 0.1) is 5.69 Å². The summed E-state index contributed by atoms with van der Waals surface area (Å²) in [7, 11) is 0. The first-order chi connectivity index (χ1) is 12.3. The van der Waals surface area contributed by atoms with Crippen molar-refractivity contribution in [2.24, 2.45) is 0 Å². The maximum atomic E-state index is 12.7. The van der Waals surface area contributed by atoms with Crippen molar-refractivity contribution in [3.63, 3.8) is 0 Å². The number of nitrogens with zero attached hydrogens (tertiary/aromatic N) is 2. The van der Waals surface area contributed by atoms with Gasteiger partial charge in [0.25, 0.3) is 5.91 Å². The van der Waals surface area contributed by atoms with Crippen molar-refractivity contribution in [1.82, 2.24) is 10.2 Å². The zero-order valence-corrected chi connectivity index (χ0v) is 14.6. The largest absolute Gasteiger partial charge is 0.482 e. The Bertz CT molecular complexity index is 720. The fourth-order valence-corrected chi connectivity index (χ4v) is 2.57. The molecule has 9 heteroatoms. The van der Waals surface area contributed by atoms with E-state index in [4.69, 9.17) is 4.74 Å². The minimum atomic E-state index is -1.17. The first-order valence-corrected chi connectivity index (χ1v) is 8.10. The van der Waals surface area contributed by atoms with Gasteiger partial charge in [-0.25, -0.2) is 4.79 Å². The number of nitrogens with one attached hydrogen (secondary N) is 1. The number of fused-ring (bicyclic) bond motifs is 1. The fraction of sp³-hybridized carbons (Fsp3) is 0.412. The van der Waals surface area contributed by atoms with Crippen molar-refractivity contribution in [2.45, 2.75) is 19.9 Å². The molecule has 0 bridgehead atoms. The van der Waals surface area contributed by atoms with Crippen LogP contribution in [0.1, 0.15) is 13.8 Å². The zero-order chi connectivity index (χ0) is 19.3. The minimum absolute atomic E-state index is 0.0199. The van der Waals surface area contributed by atoms with Gasteiger partial charge in [-0.1, -0.05) is 12.1 Å². The molecule has 26 heavy (non-hydrogen) atoms. The molecule has 1 aliphatic rings. The molecule has 0 aliphatic carbocycles. The predicted octanol–water partition coefficient (Wildman–Crippen LogP) is -0.150. The molecule has 0 spiro atoms. The summed E-state index contributed by atoms with van der Waals surface area (Å²) >= 11 is 0. The van der Waals surface area contributed by atoms with E-state index < -0.39 is 17.9 Å². The minimum Gasteiger partial charge on any atom is -0.482 e. The quantitative estimate of drug-likeness (QED) is 0.696. The summed E-state index contributed by atoms with van der Waals surface area (Å²) in [5.41, 5.74) is 0.460. The number of ether oxygens (including phenoxy) is 1. The third-order valence-electron chi connectivity index (χ3n) is 3.97. The second-order valence-corrected chi connectivity index (χ2v) is 5.82. The van der Waals surface area contributed by atoms with Crippen LogP contribution >= 0.6 is 0 Å². The van der Waals surface area contributed by atoms with E-state index in [2.05, 4.69) is 5.32 Å². The van der Waals surface area contributed by atoms with Crippen LogP contribution in [0.5, 0.6) is 5.75 Å². The molecule has 1 atom stereocenters. The van der Waals surface area contributed by atoms with Crippen LogP contribution in [0.25, 0.3) is 0 Å². The number of aliphatic carboxylic acids is 1. The average molecular weight is 363 g/mol. The van der Waals surface area contributed by atoms with E-state index in [-0.39, 0.29) is 38.1 Å². The van der Waals surface area contributed by atoms with Gasteiger partial charge in [-0.3, -0.25) is 19.3 Å². The highest BCUT2D eigenvalue weighted by Gasteiger charge is 2.31. The lowest BCUT2D eigenvalue weighted by molar-refractivity contribution is -0.149. The summed E-state index contributed by atoms with van der Waals surface area (Å²) in [6.45, 7) is 2.35.